The maximum Gasteiger partial charge on any atom is 0.0422 e. The largest absolute Gasteiger partial charge is 0.381 e. The molecule has 0 saturated carbocycles. The molecular weight excluding hydrogens is 316 g/mol. The van der Waals surface area contributed by atoms with Crippen molar-refractivity contribution < 1.29 is 0 Å². The summed E-state index contributed by atoms with van der Waals surface area (Å²) in [7, 11) is 0. The molecule has 2 nitrogen and oxygen atoms in total. The number of nitrogens with one attached hydrogen (secondary N) is 1. The van der Waals surface area contributed by atoms with Gasteiger partial charge in [-0.2, -0.15) is 0 Å². The van der Waals surface area contributed by atoms with Gasteiger partial charge in [0.25, 0.3) is 0 Å². The molecule has 1 N–H and O–H groups in total. The molecule has 0 aromatic heterocycles. The van der Waals surface area contributed by atoms with Crippen molar-refractivity contribution in [2.75, 3.05) is 25.0 Å². The molecule has 1 heterocycles. The van der Waals surface area contributed by atoms with E-state index in [4.69, 9.17) is 0 Å². The highest BCUT2D eigenvalue weighted by molar-refractivity contribution is 5.54. The average molecular weight is 351 g/mol. The second-order valence-corrected chi connectivity index (χ2v) is 6.89. The molecule has 1 aliphatic heterocycles. The lowest BCUT2D eigenvalue weighted by Gasteiger charge is -2.34. The predicted molar refractivity (Wildman–Crippen MR) is 117 cm³/mol. The van der Waals surface area contributed by atoms with Crippen LogP contribution in [0.2, 0.25) is 0 Å². The molecule has 26 heavy (non-hydrogen) atoms. The Morgan fingerprint density at radius 2 is 2.19 bits per heavy atom. The van der Waals surface area contributed by atoms with Crippen molar-refractivity contribution in [3.8, 4) is 0 Å². The van der Waals surface area contributed by atoms with E-state index in [0.29, 0.717) is 6.04 Å². The first kappa shape index (κ1) is 20.3. The number of benzene rings is 1. The van der Waals surface area contributed by atoms with Crippen LogP contribution in [0.15, 0.2) is 54.7 Å². The van der Waals surface area contributed by atoms with Crippen LogP contribution >= 0.6 is 0 Å². The number of anilines is 1. The topological polar surface area (TPSA) is 15.3 Å². The van der Waals surface area contributed by atoms with Gasteiger partial charge in [-0.05, 0) is 56.5 Å². The SMILES string of the molecule is C=C/C=c1/c(NC2CCCN(CC(/C=C\CC)=C/C)C2)ccc/c1=C/C. The van der Waals surface area contributed by atoms with Gasteiger partial charge in [0.15, 0.2) is 0 Å². The number of likely N-dealkylation sites (tertiary alicyclic amines) is 1. The highest BCUT2D eigenvalue weighted by Crippen LogP contribution is 2.15. The Morgan fingerprint density at radius 3 is 2.88 bits per heavy atom. The Balaban J connectivity index is 2.11. The van der Waals surface area contributed by atoms with Gasteiger partial charge in [-0.15, -0.1) is 0 Å². The summed E-state index contributed by atoms with van der Waals surface area (Å²) < 4.78 is 0. The second-order valence-electron chi connectivity index (χ2n) is 6.89. The van der Waals surface area contributed by atoms with Crippen LogP contribution in [-0.2, 0) is 0 Å². The van der Waals surface area contributed by atoms with E-state index in [1.807, 2.05) is 6.08 Å². The molecule has 1 unspecified atom stereocenters. The quantitative estimate of drug-likeness (QED) is 0.740. The zero-order chi connectivity index (χ0) is 18.8. The fourth-order valence-corrected chi connectivity index (χ4v) is 3.57. The van der Waals surface area contributed by atoms with Crippen molar-refractivity contribution in [3.05, 3.63) is 65.1 Å². The molecule has 0 bridgehead atoms. The lowest BCUT2D eigenvalue weighted by Crippen LogP contribution is -2.44. The molecule has 1 fully saturated rings. The fraction of sp³-hybridized carbons (Fsp3) is 0.417. The molecule has 1 aromatic carbocycles. The molecule has 1 aliphatic rings. The summed E-state index contributed by atoms with van der Waals surface area (Å²) in [5.41, 5.74) is 2.63. The minimum Gasteiger partial charge on any atom is -0.381 e. The standard InChI is InChI=1S/C24H34N2/c1-5-9-13-20(7-3)18-26-17-11-15-22(19-26)25-24-16-10-14-21(8-4)23(24)12-6-2/h6-10,12-14,16,22,25H,2,5,11,15,17-19H2,1,3-4H3/b13-9-,20-7+,21-8-,23-12+. The molecule has 2 rings (SSSR count). The minimum atomic E-state index is 0.487. The van der Waals surface area contributed by atoms with Gasteiger partial charge in [0.1, 0.15) is 0 Å². The van der Waals surface area contributed by atoms with Gasteiger partial charge in [-0.25, -0.2) is 0 Å². The fourth-order valence-electron chi connectivity index (χ4n) is 3.57. The normalized spacial score (nSPS) is 20.7. The van der Waals surface area contributed by atoms with Crippen LogP contribution in [0.5, 0.6) is 0 Å². The van der Waals surface area contributed by atoms with Crippen LogP contribution in [0.3, 0.4) is 0 Å². The van der Waals surface area contributed by atoms with Crippen molar-refractivity contribution in [2.45, 2.75) is 46.1 Å². The van der Waals surface area contributed by atoms with Crippen LogP contribution < -0.4 is 15.8 Å². The minimum absolute atomic E-state index is 0.487. The van der Waals surface area contributed by atoms with Crippen molar-refractivity contribution >= 4 is 17.8 Å². The average Bonchev–Trinajstić information content (AvgIpc) is 2.67. The van der Waals surface area contributed by atoms with Gasteiger partial charge in [0.05, 0.1) is 0 Å². The summed E-state index contributed by atoms with van der Waals surface area (Å²) in [6, 6.07) is 6.96. The third-order valence-corrected chi connectivity index (χ3v) is 4.95. The Labute approximate surface area is 159 Å². The van der Waals surface area contributed by atoms with E-state index in [9.17, 15) is 0 Å². The van der Waals surface area contributed by atoms with E-state index >= 15 is 0 Å². The Hall–Kier alpha value is -2.06. The van der Waals surface area contributed by atoms with Gasteiger partial charge in [-0.1, -0.05) is 62.1 Å². The maximum absolute atomic E-state index is 3.88. The highest BCUT2D eigenvalue weighted by atomic mass is 15.2. The summed E-state index contributed by atoms with van der Waals surface area (Å²) in [6.45, 7) is 13.6. The van der Waals surface area contributed by atoms with Crippen LogP contribution in [0.1, 0.15) is 40.0 Å². The molecule has 1 atom stereocenters. The monoisotopic (exact) mass is 350 g/mol. The van der Waals surface area contributed by atoms with Gasteiger partial charge < -0.3 is 5.32 Å². The number of nitrogens with zero attached hydrogens (tertiary/aromatic N) is 1. The molecule has 1 aromatic rings. The molecule has 0 amide bonds. The zero-order valence-corrected chi connectivity index (χ0v) is 16.7. The number of hydrogen-bond donors (Lipinski definition) is 1. The number of piperidine rings is 1. The molecule has 2 heteroatoms. The van der Waals surface area contributed by atoms with Gasteiger partial charge in [0, 0.05) is 30.0 Å². The van der Waals surface area contributed by atoms with E-state index in [2.05, 4.69) is 86.1 Å². The molecule has 0 spiro atoms. The smallest absolute Gasteiger partial charge is 0.0422 e. The van der Waals surface area contributed by atoms with E-state index in [-0.39, 0.29) is 0 Å². The van der Waals surface area contributed by atoms with Crippen LogP contribution in [0.25, 0.3) is 12.2 Å². The van der Waals surface area contributed by atoms with Crippen LogP contribution in [0, 0.1) is 0 Å². The first-order chi connectivity index (χ1) is 12.7. The van der Waals surface area contributed by atoms with E-state index in [1.54, 1.807) is 0 Å². The van der Waals surface area contributed by atoms with E-state index in [1.165, 1.54) is 41.1 Å². The molecular formula is C24H34N2. The van der Waals surface area contributed by atoms with Crippen molar-refractivity contribution in [1.82, 2.24) is 4.90 Å². The van der Waals surface area contributed by atoms with Crippen molar-refractivity contribution in [1.29, 1.82) is 0 Å². The van der Waals surface area contributed by atoms with Crippen molar-refractivity contribution in [2.24, 2.45) is 0 Å². The Bertz CT molecular complexity index is 755. The molecule has 0 radical (unpaired) electrons. The molecule has 1 saturated heterocycles. The first-order valence-electron chi connectivity index (χ1n) is 9.90. The lowest BCUT2D eigenvalue weighted by molar-refractivity contribution is 0.234. The van der Waals surface area contributed by atoms with Gasteiger partial charge in [0.2, 0.25) is 0 Å². The second kappa shape index (κ2) is 10.8. The van der Waals surface area contributed by atoms with Gasteiger partial charge >= 0.3 is 0 Å². The predicted octanol–water partition coefficient (Wildman–Crippen LogP) is 4.24. The molecule has 0 aliphatic carbocycles. The number of allylic oxidation sites excluding steroid dienone is 3. The van der Waals surface area contributed by atoms with Crippen molar-refractivity contribution in [3.63, 3.8) is 0 Å². The number of hydrogen-bond acceptors (Lipinski definition) is 2. The maximum atomic E-state index is 3.88. The number of rotatable bonds is 7. The summed E-state index contributed by atoms with van der Waals surface area (Å²) in [6.07, 6.45) is 16.5. The van der Waals surface area contributed by atoms with Gasteiger partial charge in [-0.3, -0.25) is 4.90 Å². The van der Waals surface area contributed by atoms with E-state index in [0.717, 1.165) is 19.5 Å². The van der Waals surface area contributed by atoms with Crippen LogP contribution in [-0.4, -0.2) is 30.6 Å². The first-order valence-corrected chi connectivity index (χ1v) is 9.90. The Kier molecular flexibility index (Phi) is 8.43. The van der Waals surface area contributed by atoms with E-state index < -0.39 is 0 Å². The lowest BCUT2D eigenvalue weighted by atomic mass is 10.0. The third-order valence-electron chi connectivity index (χ3n) is 4.95. The summed E-state index contributed by atoms with van der Waals surface area (Å²) in [5, 5.41) is 6.29. The summed E-state index contributed by atoms with van der Waals surface area (Å²) in [4.78, 5) is 2.57. The highest BCUT2D eigenvalue weighted by Gasteiger charge is 2.20. The summed E-state index contributed by atoms with van der Waals surface area (Å²) >= 11 is 0. The third kappa shape index (κ3) is 5.74. The van der Waals surface area contributed by atoms with Crippen LogP contribution in [0.4, 0.5) is 5.69 Å². The summed E-state index contributed by atoms with van der Waals surface area (Å²) in [5.74, 6) is 0. The Morgan fingerprint density at radius 1 is 1.35 bits per heavy atom. The molecule has 140 valence electrons. The zero-order valence-electron chi connectivity index (χ0n) is 16.7.